The zero-order valence-electron chi connectivity index (χ0n) is 12.0. The van der Waals surface area contributed by atoms with E-state index in [9.17, 15) is 0 Å². The van der Waals surface area contributed by atoms with E-state index < -0.39 is 0 Å². The third-order valence-corrected chi connectivity index (χ3v) is 4.54. The van der Waals surface area contributed by atoms with Crippen LogP contribution >= 0.6 is 11.8 Å². The largest absolute Gasteiger partial charge is 0.497 e. The Morgan fingerprint density at radius 1 is 1.15 bits per heavy atom. The summed E-state index contributed by atoms with van der Waals surface area (Å²) >= 11 is 1.83. The Morgan fingerprint density at radius 3 is 2.70 bits per heavy atom. The van der Waals surface area contributed by atoms with Crippen LogP contribution in [0.25, 0.3) is 0 Å². The standard InChI is InChI=1S/C17H21NOS/c1-13-6-3-4-9-17(13)20-12-15(18)10-14-7-5-8-16(11-14)19-2/h3-9,11,15H,10,12,18H2,1-2H3. The summed E-state index contributed by atoms with van der Waals surface area (Å²) in [5.41, 5.74) is 8.77. The fraction of sp³-hybridized carbons (Fsp3) is 0.294. The highest BCUT2D eigenvalue weighted by Crippen LogP contribution is 2.23. The minimum atomic E-state index is 0.145. The van der Waals surface area contributed by atoms with Crippen molar-refractivity contribution < 1.29 is 4.74 Å². The third-order valence-electron chi connectivity index (χ3n) is 3.18. The minimum absolute atomic E-state index is 0.145. The van der Waals surface area contributed by atoms with E-state index in [2.05, 4.69) is 43.3 Å². The lowest BCUT2D eigenvalue weighted by atomic mass is 10.1. The van der Waals surface area contributed by atoms with E-state index in [1.807, 2.05) is 23.9 Å². The Hall–Kier alpha value is -1.45. The van der Waals surface area contributed by atoms with Crippen LogP contribution in [0.2, 0.25) is 0 Å². The number of hydrogen-bond donors (Lipinski definition) is 1. The molecule has 3 heteroatoms. The fourth-order valence-corrected chi connectivity index (χ4v) is 3.06. The molecule has 106 valence electrons. The molecule has 2 N–H and O–H groups in total. The molecule has 20 heavy (non-hydrogen) atoms. The van der Waals surface area contributed by atoms with E-state index in [-0.39, 0.29) is 6.04 Å². The molecule has 0 aromatic heterocycles. The lowest BCUT2D eigenvalue weighted by molar-refractivity contribution is 0.414. The molecule has 2 nitrogen and oxygen atoms in total. The molecular weight excluding hydrogens is 266 g/mol. The molecule has 0 fully saturated rings. The molecule has 0 aliphatic carbocycles. The molecule has 0 spiro atoms. The van der Waals surface area contributed by atoms with E-state index in [4.69, 9.17) is 10.5 Å². The number of hydrogen-bond acceptors (Lipinski definition) is 3. The topological polar surface area (TPSA) is 35.2 Å². The van der Waals surface area contributed by atoms with Gasteiger partial charge in [-0.05, 0) is 42.7 Å². The van der Waals surface area contributed by atoms with Crippen LogP contribution in [0.4, 0.5) is 0 Å². The fourth-order valence-electron chi connectivity index (χ4n) is 2.08. The molecule has 0 aliphatic rings. The Balaban J connectivity index is 1.89. The second-order valence-electron chi connectivity index (χ2n) is 4.89. The molecule has 0 radical (unpaired) electrons. The van der Waals surface area contributed by atoms with Crippen molar-refractivity contribution in [2.75, 3.05) is 12.9 Å². The highest BCUT2D eigenvalue weighted by Gasteiger charge is 2.07. The lowest BCUT2D eigenvalue weighted by Crippen LogP contribution is -2.25. The zero-order chi connectivity index (χ0) is 14.4. The van der Waals surface area contributed by atoms with Crippen LogP contribution in [0, 0.1) is 6.92 Å². The lowest BCUT2D eigenvalue weighted by Gasteiger charge is -2.13. The van der Waals surface area contributed by atoms with Crippen molar-refractivity contribution in [3.05, 3.63) is 59.7 Å². The number of methoxy groups -OCH3 is 1. The van der Waals surface area contributed by atoms with E-state index in [1.165, 1.54) is 16.0 Å². The van der Waals surface area contributed by atoms with E-state index >= 15 is 0 Å². The van der Waals surface area contributed by atoms with Gasteiger partial charge in [0.15, 0.2) is 0 Å². The average molecular weight is 287 g/mol. The van der Waals surface area contributed by atoms with Crippen LogP contribution < -0.4 is 10.5 Å². The van der Waals surface area contributed by atoms with Gasteiger partial charge in [-0.15, -0.1) is 11.8 Å². The summed E-state index contributed by atoms with van der Waals surface area (Å²) in [4.78, 5) is 1.31. The maximum Gasteiger partial charge on any atom is 0.119 e. The second-order valence-corrected chi connectivity index (χ2v) is 5.95. The van der Waals surface area contributed by atoms with Gasteiger partial charge in [0.05, 0.1) is 7.11 Å². The first-order valence-electron chi connectivity index (χ1n) is 6.76. The Kier molecular flexibility index (Phi) is 5.50. The van der Waals surface area contributed by atoms with Crippen molar-refractivity contribution in [3.63, 3.8) is 0 Å². The molecular formula is C17H21NOS. The van der Waals surface area contributed by atoms with E-state index in [0.717, 1.165) is 17.9 Å². The summed E-state index contributed by atoms with van der Waals surface area (Å²) < 4.78 is 5.24. The first-order chi connectivity index (χ1) is 9.69. The summed E-state index contributed by atoms with van der Waals surface area (Å²) in [5.74, 6) is 1.81. The normalized spacial score (nSPS) is 12.2. The molecule has 1 unspecified atom stereocenters. The molecule has 1 atom stereocenters. The number of benzene rings is 2. The maximum absolute atomic E-state index is 6.23. The predicted molar refractivity (Wildman–Crippen MR) is 86.6 cm³/mol. The number of rotatable bonds is 6. The summed E-state index contributed by atoms with van der Waals surface area (Å²) in [6.07, 6.45) is 0.871. The molecule has 0 amide bonds. The Morgan fingerprint density at radius 2 is 1.95 bits per heavy atom. The third kappa shape index (κ3) is 4.29. The second kappa shape index (κ2) is 7.36. The first kappa shape index (κ1) is 14.9. The zero-order valence-corrected chi connectivity index (χ0v) is 12.8. The van der Waals surface area contributed by atoms with Gasteiger partial charge in [-0.2, -0.15) is 0 Å². The monoisotopic (exact) mass is 287 g/mol. The molecule has 0 bridgehead atoms. The van der Waals surface area contributed by atoms with Crippen molar-refractivity contribution in [2.45, 2.75) is 24.3 Å². The van der Waals surface area contributed by atoms with Crippen LogP contribution in [0.5, 0.6) is 5.75 Å². The van der Waals surface area contributed by atoms with Gasteiger partial charge in [0, 0.05) is 16.7 Å². The van der Waals surface area contributed by atoms with Crippen molar-refractivity contribution in [1.82, 2.24) is 0 Å². The minimum Gasteiger partial charge on any atom is -0.497 e. The number of thioether (sulfide) groups is 1. The van der Waals surface area contributed by atoms with Gasteiger partial charge >= 0.3 is 0 Å². The predicted octanol–water partition coefficient (Wildman–Crippen LogP) is 3.67. The Bertz CT molecular complexity index is 556. The number of aryl methyl sites for hydroxylation is 1. The molecule has 0 aliphatic heterocycles. The van der Waals surface area contributed by atoms with E-state index in [1.54, 1.807) is 7.11 Å². The van der Waals surface area contributed by atoms with Crippen molar-refractivity contribution in [2.24, 2.45) is 5.73 Å². The van der Waals surface area contributed by atoms with Gasteiger partial charge in [0.1, 0.15) is 5.75 Å². The maximum atomic E-state index is 6.23. The van der Waals surface area contributed by atoms with Crippen molar-refractivity contribution >= 4 is 11.8 Å². The van der Waals surface area contributed by atoms with Gasteiger partial charge < -0.3 is 10.5 Å². The molecule has 0 saturated carbocycles. The van der Waals surface area contributed by atoms with Crippen molar-refractivity contribution in [3.8, 4) is 5.75 Å². The smallest absolute Gasteiger partial charge is 0.119 e. The highest BCUT2D eigenvalue weighted by atomic mass is 32.2. The molecule has 2 aromatic carbocycles. The van der Waals surface area contributed by atoms with Crippen LogP contribution in [-0.2, 0) is 6.42 Å². The summed E-state index contributed by atoms with van der Waals surface area (Å²) in [7, 11) is 1.69. The van der Waals surface area contributed by atoms with Crippen LogP contribution in [-0.4, -0.2) is 18.9 Å². The SMILES string of the molecule is COc1cccc(CC(N)CSc2ccccc2C)c1. The highest BCUT2D eigenvalue weighted by molar-refractivity contribution is 7.99. The van der Waals surface area contributed by atoms with Crippen LogP contribution in [0.1, 0.15) is 11.1 Å². The quantitative estimate of drug-likeness (QED) is 0.823. The summed E-state index contributed by atoms with van der Waals surface area (Å²) in [5, 5.41) is 0. The summed E-state index contributed by atoms with van der Waals surface area (Å²) in [6.45, 7) is 2.13. The summed E-state index contributed by atoms with van der Waals surface area (Å²) in [6, 6.07) is 16.7. The van der Waals surface area contributed by atoms with Gasteiger partial charge in [0.25, 0.3) is 0 Å². The molecule has 0 heterocycles. The van der Waals surface area contributed by atoms with Crippen LogP contribution in [0.15, 0.2) is 53.4 Å². The van der Waals surface area contributed by atoms with Gasteiger partial charge in [-0.1, -0.05) is 30.3 Å². The van der Waals surface area contributed by atoms with Crippen LogP contribution in [0.3, 0.4) is 0 Å². The molecule has 2 aromatic rings. The average Bonchev–Trinajstić information content (AvgIpc) is 2.46. The molecule has 0 saturated heterocycles. The van der Waals surface area contributed by atoms with E-state index in [0.29, 0.717) is 0 Å². The van der Waals surface area contributed by atoms with Crippen molar-refractivity contribution in [1.29, 1.82) is 0 Å². The van der Waals surface area contributed by atoms with Gasteiger partial charge in [0.2, 0.25) is 0 Å². The number of nitrogens with two attached hydrogens (primary N) is 1. The van der Waals surface area contributed by atoms with Gasteiger partial charge in [-0.25, -0.2) is 0 Å². The Labute approximate surface area is 125 Å². The first-order valence-corrected chi connectivity index (χ1v) is 7.74. The van der Waals surface area contributed by atoms with Gasteiger partial charge in [-0.3, -0.25) is 0 Å². The number of ether oxygens (including phenoxy) is 1. The molecule has 2 rings (SSSR count).